The van der Waals surface area contributed by atoms with E-state index in [0.717, 1.165) is 0 Å². The number of benzene rings is 1. The Balaban J connectivity index is 1.66. The molecule has 24 heavy (non-hydrogen) atoms. The number of anilines is 1. The maximum atomic E-state index is 12.3. The zero-order valence-electron chi connectivity index (χ0n) is 13.6. The van der Waals surface area contributed by atoms with Gasteiger partial charge in [0, 0.05) is 12.1 Å². The van der Waals surface area contributed by atoms with Gasteiger partial charge in [0.15, 0.2) is 0 Å². The summed E-state index contributed by atoms with van der Waals surface area (Å²) >= 11 is 0. The summed E-state index contributed by atoms with van der Waals surface area (Å²) in [6.07, 6.45) is -0.110. The van der Waals surface area contributed by atoms with Gasteiger partial charge in [-0.1, -0.05) is 12.1 Å². The van der Waals surface area contributed by atoms with Crippen LogP contribution in [0.5, 0.6) is 0 Å². The standard InChI is InChI=1S/C16H21N5O3/c1-8-14(9(2)21-20-8)19-13(22)7-12-16(24)17-11-6-4-3-5-10(11)15(23)18-12/h3-6,8-9,12,14,20-21H,7H2,1-2H3,(H,17,24)(H,18,23)(H,19,22)/t8?,9?,12-,14?/m0/s1. The van der Waals surface area contributed by atoms with Crippen molar-refractivity contribution in [1.82, 2.24) is 21.5 Å². The van der Waals surface area contributed by atoms with Crippen LogP contribution in [0.1, 0.15) is 30.6 Å². The predicted octanol–water partition coefficient (Wildman–Crippen LogP) is -0.503. The molecule has 1 fully saturated rings. The quantitative estimate of drug-likeness (QED) is 0.513. The average molecular weight is 331 g/mol. The van der Waals surface area contributed by atoms with Gasteiger partial charge < -0.3 is 16.0 Å². The van der Waals surface area contributed by atoms with Crippen molar-refractivity contribution < 1.29 is 14.4 Å². The number of carbonyl (C=O) groups is 3. The lowest BCUT2D eigenvalue weighted by molar-refractivity contribution is -0.126. The first kappa shape index (κ1) is 16.4. The van der Waals surface area contributed by atoms with Gasteiger partial charge in [0.2, 0.25) is 11.8 Å². The molecule has 0 radical (unpaired) electrons. The molecular weight excluding hydrogens is 310 g/mol. The maximum Gasteiger partial charge on any atom is 0.254 e. The van der Waals surface area contributed by atoms with Crippen LogP contribution in [0.4, 0.5) is 5.69 Å². The predicted molar refractivity (Wildman–Crippen MR) is 88.1 cm³/mol. The van der Waals surface area contributed by atoms with E-state index in [4.69, 9.17) is 0 Å². The van der Waals surface area contributed by atoms with Gasteiger partial charge in [0.1, 0.15) is 6.04 Å². The van der Waals surface area contributed by atoms with E-state index in [-0.39, 0.29) is 36.4 Å². The third-order valence-corrected chi connectivity index (χ3v) is 4.38. The lowest BCUT2D eigenvalue weighted by Crippen LogP contribution is -2.50. The minimum atomic E-state index is -0.905. The first-order valence-corrected chi connectivity index (χ1v) is 7.97. The molecule has 0 bridgehead atoms. The monoisotopic (exact) mass is 331 g/mol. The van der Waals surface area contributed by atoms with Gasteiger partial charge in [-0.05, 0) is 26.0 Å². The van der Waals surface area contributed by atoms with Crippen LogP contribution in [0.3, 0.4) is 0 Å². The van der Waals surface area contributed by atoms with E-state index in [1.165, 1.54) is 0 Å². The van der Waals surface area contributed by atoms with Crippen LogP contribution >= 0.6 is 0 Å². The number of carbonyl (C=O) groups excluding carboxylic acids is 3. The van der Waals surface area contributed by atoms with E-state index >= 15 is 0 Å². The molecule has 2 heterocycles. The van der Waals surface area contributed by atoms with Crippen molar-refractivity contribution in [1.29, 1.82) is 0 Å². The molecule has 8 nitrogen and oxygen atoms in total. The number of amides is 3. The fourth-order valence-corrected chi connectivity index (χ4v) is 3.01. The van der Waals surface area contributed by atoms with E-state index < -0.39 is 11.9 Å². The molecule has 128 valence electrons. The van der Waals surface area contributed by atoms with Crippen LogP contribution in [0.15, 0.2) is 24.3 Å². The van der Waals surface area contributed by atoms with Gasteiger partial charge in [0.05, 0.1) is 23.7 Å². The second-order valence-corrected chi connectivity index (χ2v) is 6.22. The molecule has 5 N–H and O–H groups in total. The summed E-state index contributed by atoms with van der Waals surface area (Å²) in [6.45, 7) is 3.91. The lowest BCUT2D eigenvalue weighted by atomic mass is 10.1. The van der Waals surface area contributed by atoms with Crippen molar-refractivity contribution in [3.05, 3.63) is 29.8 Å². The molecule has 0 spiro atoms. The van der Waals surface area contributed by atoms with Crippen molar-refractivity contribution in [3.8, 4) is 0 Å². The van der Waals surface area contributed by atoms with Crippen molar-refractivity contribution >= 4 is 23.4 Å². The molecule has 8 heteroatoms. The Morgan fingerprint density at radius 3 is 2.50 bits per heavy atom. The highest BCUT2D eigenvalue weighted by atomic mass is 16.2. The Labute approximate surface area is 139 Å². The minimum Gasteiger partial charge on any atom is -0.350 e. The molecule has 1 aromatic carbocycles. The third-order valence-electron chi connectivity index (χ3n) is 4.38. The molecule has 2 aliphatic rings. The van der Waals surface area contributed by atoms with E-state index in [1.54, 1.807) is 24.3 Å². The van der Waals surface area contributed by atoms with Crippen LogP contribution in [-0.4, -0.2) is 41.9 Å². The second-order valence-electron chi connectivity index (χ2n) is 6.22. The van der Waals surface area contributed by atoms with Gasteiger partial charge in [-0.15, -0.1) is 0 Å². The number of hydrogen-bond acceptors (Lipinski definition) is 5. The van der Waals surface area contributed by atoms with Gasteiger partial charge >= 0.3 is 0 Å². The largest absolute Gasteiger partial charge is 0.350 e. The summed E-state index contributed by atoms with van der Waals surface area (Å²) < 4.78 is 0. The molecule has 3 amide bonds. The molecule has 2 aliphatic heterocycles. The SMILES string of the molecule is CC1NNC(C)C1NC(=O)C[C@@H]1NC(=O)c2ccccc2NC1=O. The Hall–Kier alpha value is -2.45. The Bertz CT molecular complexity index is 667. The first-order valence-electron chi connectivity index (χ1n) is 7.97. The zero-order valence-corrected chi connectivity index (χ0v) is 13.6. The molecule has 0 aromatic heterocycles. The second kappa shape index (κ2) is 6.58. The van der Waals surface area contributed by atoms with Gasteiger partial charge in [0.25, 0.3) is 5.91 Å². The van der Waals surface area contributed by atoms with Crippen LogP contribution in [0.25, 0.3) is 0 Å². The number of para-hydroxylation sites is 1. The van der Waals surface area contributed by atoms with Crippen molar-refractivity contribution in [2.24, 2.45) is 0 Å². The molecule has 2 unspecified atom stereocenters. The summed E-state index contributed by atoms with van der Waals surface area (Å²) in [7, 11) is 0. The topological polar surface area (TPSA) is 111 Å². The molecule has 3 rings (SSSR count). The highest BCUT2D eigenvalue weighted by Gasteiger charge is 2.33. The molecule has 0 aliphatic carbocycles. The van der Waals surface area contributed by atoms with E-state index in [0.29, 0.717) is 11.3 Å². The summed E-state index contributed by atoms with van der Waals surface area (Å²) in [5.74, 6) is -1.05. The zero-order chi connectivity index (χ0) is 17.3. The average Bonchev–Trinajstić information content (AvgIpc) is 2.80. The number of hydrazine groups is 1. The van der Waals surface area contributed by atoms with Crippen LogP contribution in [0, 0.1) is 0 Å². The molecule has 0 saturated carbocycles. The highest BCUT2D eigenvalue weighted by molar-refractivity contribution is 6.10. The summed E-state index contributed by atoms with van der Waals surface area (Å²) in [6, 6.07) is 5.91. The fraction of sp³-hybridized carbons (Fsp3) is 0.438. The third kappa shape index (κ3) is 3.24. The van der Waals surface area contributed by atoms with E-state index in [1.807, 2.05) is 13.8 Å². The van der Waals surface area contributed by atoms with Crippen molar-refractivity contribution in [2.45, 2.75) is 44.4 Å². The van der Waals surface area contributed by atoms with Crippen molar-refractivity contribution in [3.63, 3.8) is 0 Å². The molecule has 1 saturated heterocycles. The molecule has 1 aromatic rings. The molecule has 3 atom stereocenters. The van der Waals surface area contributed by atoms with Gasteiger partial charge in [-0.25, -0.2) is 0 Å². The Morgan fingerprint density at radius 1 is 1.12 bits per heavy atom. The fourth-order valence-electron chi connectivity index (χ4n) is 3.01. The van der Waals surface area contributed by atoms with Gasteiger partial charge in [-0.3, -0.25) is 25.2 Å². The Kier molecular flexibility index (Phi) is 4.50. The van der Waals surface area contributed by atoms with Crippen LogP contribution in [-0.2, 0) is 9.59 Å². The summed E-state index contributed by atoms with van der Waals surface area (Å²) in [5.41, 5.74) is 6.95. The maximum absolute atomic E-state index is 12.3. The number of fused-ring (bicyclic) bond motifs is 1. The lowest BCUT2D eigenvalue weighted by Gasteiger charge is -2.21. The van der Waals surface area contributed by atoms with Crippen LogP contribution < -0.4 is 26.8 Å². The van der Waals surface area contributed by atoms with Crippen molar-refractivity contribution in [2.75, 3.05) is 5.32 Å². The van der Waals surface area contributed by atoms with E-state index in [2.05, 4.69) is 26.8 Å². The first-order chi connectivity index (χ1) is 11.5. The van der Waals surface area contributed by atoms with E-state index in [9.17, 15) is 14.4 Å². The smallest absolute Gasteiger partial charge is 0.254 e. The minimum absolute atomic E-state index is 0.0748. The highest BCUT2D eigenvalue weighted by Crippen LogP contribution is 2.18. The normalized spacial score (nSPS) is 29.2. The Morgan fingerprint density at radius 2 is 1.79 bits per heavy atom. The van der Waals surface area contributed by atoms with Crippen LogP contribution in [0.2, 0.25) is 0 Å². The van der Waals surface area contributed by atoms with Gasteiger partial charge in [-0.2, -0.15) is 0 Å². The number of hydrogen-bond donors (Lipinski definition) is 5. The summed E-state index contributed by atoms with van der Waals surface area (Å²) in [4.78, 5) is 36.8. The molecular formula is C16H21N5O3. The number of nitrogens with one attached hydrogen (secondary N) is 5. The summed E-state index contributed by atoms with van der Waals surface area (Å²) in [5, 5.41) is 8.22. The number of rotatable bonds is 3.